The van der Waals surface area contributed by atoms with Crippen LogP contribution in [0.1, 0.15) is 13.8 Å². The molecular weight excluding hydrogens is 207 g/mol. The van der Waals surface area contributed by atoms with Gasteiger partial charge in [-0.05, 0) is 24.3 Å². The number of hydrogen-bond donors (Lipinski definition) is 1. The van der Waals surface area contributed by atoms with E-state index in [0.717, 1.165) is 0 Å². The molecule has 1 amide bonds. The Morgan fingerprint density at radius 3 is 2.38 bits per heavy atom. The Labute approximate surface area is 95.0 Å². The van der Waals surface area contributed by atoms with Crippen LogP contribution in [0.3, 0.4) is 0 Å². The Morgan fingerprint density at radius 1 is 1.38 bits per heavy atom. The maximum Gasteiger partial charge on any atom is 0.229 e. The zero-order chi connectivity index (χ0) is 12.1. The van der Waals surface area contributed by atoms with E-state index in [1.165, 1.54) is 12.1 Å². The first kappa shape index (κ1) is 12.6. The van der Waals surface area contributed by atoms with Crippen molar-refractivity contribution in [2.75, 3.05) is 18.0 Å². The van der Waals surface area contributed by atoms with Crippen molar-refractivity contribution in [3.8, 4) is 0 Å². The molecule has 1 aromatic rings. The zero-order valence-electron chi connectivity index (χ0n) is 9.61. The molecule has 0 aliphatic heterocycles. The minimum atomic E-state index is -0.312. The fraction of sp³-hybridized carbons (Fsp3) is 0.417. The Balaban J connectivity index is 2.93. The van der Waals surface area contributed by atoms with E-state index in [4.69, 9.17) is 5.73 Å². The molecule has 16 heavy (non-hydrogen) atoms. The van der Waals surface area contributed by atoms with Crippen LogP contribution in [0.5, 0.6) is 0 Å². The van der Waals surface area contributed by atoms with Gasteiger partial charge in [-0.3, -0.25) is 4.79 Å². The van der Waals surface area contributed by atoms with E-state index in [1.807, 2.05) is 13.8 Å². The molecule has 4 heteroatoms. The molecule has 0 aliphatic rings. The molecule has 0 unspecified atom stereocenters. The number of nitrogens with two attached hydrogens (primary N) is 1. The quantitative estimate of drug-likeness (QED) is 0.847. The van der Waals surface area contributed by atoms with Crippen molar-refractivity contribution in [3.05, 3.63) is 30.1 Å². The van der Waals surface area contributed by atoms with Crippen molar-refractivity contribution < 1.29 is 9.18 Å². The van der Waals surface area contributed by atoms with Crippen molar-refractivity contribution in [3.63, 3.8) is 0 Å². The first-order chi connectivity index (χ1) is 7.56. The van der Waals surface area contributed by atoms with Crippen LogP contribution in [0.2, 0.25) is 0 Å². The molecule has 0 heterocycles. The number of amides is 1. The summed E-state index contributed by atoms with van der Waals surface area (Å²) in [6.07, 6.45) is 0. The minimum Gasteiger partial charge on any atom is -0.329 e. The molecular formula is C12H17FN2O. The first-order valence-corrected chi connectivity index (χ1v) is 5.33. The van der Waals surface area contributed by atoms with E-state index in [0.29, 0.717) is 18.8 Å². The van der Waals surface area contributed by atoms with Crippen LogP contribution < -0.4 is 10.6 Å². The lowest BCUT2D eigenvalue weighted by molar-refractivity contribution is -0.121. The number of carbonyl (C=O) groups is 1. The van der Waals surface area contributed by atoms with Crippen LogP contribution in [0.15, 0.2) is 24.3 Å². The maximum atomic E-state index is 12.8. The van der Waals surface area contributed by atoms with Crippen molar-refractivity contribution in [2.24, 2.45) is 11.7 Å². The highest BCUT2D eigenvalue weighted by molar-refractivity contribution is 5.94. The summed E-state index contributed by atoms with van der Waals surface area (Å²) in [5.41, 5.74) is 6.15. The van der Waals surface area contributed by atoms with Crippen LogP contribution in [0.4, 0.5) is 10.1 Å². The molecule has 0 saturated carbocycles. The summed E-state index contributed by atoms with van der Waals surface area (Å²) >= 11 is 0. The van der Waals surface area contributed by atoms with Crippen molar-refractivity contribution in [2.45, 2.75) is 13.8 Å². The third kappa shape index (κ3) is 3.03. The average molecular weight is 224 g/mol. The number of halogens is 1. The zero-order valence-corrected chi connectivity index (χ0v) is 9.61. The fourth-order valence-corrected chi connectivity index (χ4v) is 1.43. The smallest absolute Gasteiger partial charge is 0.229 e. The number of anilines is 1. The lowest BCUT2D eigenvalue weighted by Gasteiger charge is -2.24. The molecule has 0 aromatic heterocycles. The molecule has 2 N–H and O–H groups in total. The predicted molar refractivity (Wildman–Crippen MR) is 62.6 cm³/mol. The van der Waals surface area contributed by atoms with Gasteiger partial charge in [-0.2, -0.15) is 0 Å². The monoisotopic (exact) mass is 224 g/mol. The van der Waals surface area contributed by atoms with Gasteiger partial charge in [-0.25, -0.2) is 4.39 Å². The second-order valence-electron chi connectivity index (χ2n) is 3.91. The molecule has 0 atom stereocenters. The van der Waals surface area contributed by atoms with Crippen LogP contribution in [0.25, 0.3) is 0 Å². The standard InChI is InChI=1S/C12H17FN2O/c1-9(2)12(16)15(8-7-14)11-5-3-10(13)4-6-11/h3-6,9H,7-8,14H2,1-2H3. The van der Waals surface area contributed by atoms with Gasteiger partial charge in [0.1, 0.15) is 5.82 Å². The number of rotatable bonds is 4. The number of carbonyl (C=O) groups excluding carboxylic acids is 1. The van der Waals surface area contributed by atoms with Crippen LogP contribution in [-0.4, -0.2) is 19.0 Å². The predicted octanol–water partition coefficient (Wildman–Crippen LogP) is 1.77. The normalized spacial score (nSPS) is 10.6. The third-order valence-electron chi connectivity index (χ3n) is 2.25. The highest BCUT2D eigenvalue weighted by Crippen LogP contribution is 2.16. The molecule has 0 aliphatic carbocycles. The molecule has 0 spiro atoms. The van der Waals surface area contributed by atoms with Gasteiger partial charge in [0, 0.05) is 24.7 Å². The van der Waals surface area contributed by atoms with Gasteiger partial charge in [0.25, 0.3) is 0 Å². The van der Waals surface area contributed by atoms with Gasteiger partial charge >= 0.3 is 0 Å². The molecule has 88 valence electrons. The van der Waals surface area contributed by atoms with Crippen molar-refractivity contribution in [1.82, 2.24) is 0 Å². The molecule has 0 fully saturated rings. The van der Waals surface area contributed by atoms with Crippen LogP contribution in [-0.2, 0) is 4.79 Å². The van der Waals surface area contributed by atoms with Gasteiger partial charge in [0.2, 0.25) is 5.91 Å². The summed E-state index contributed by atoms with van der Waals surface area (Å²) in [5, 5.41) is 0. The number of benzene rings is 1. The highest BCUT2D eigenvalue weighted by atomic mass is 19.1. The van der Waals surface area contributed by atoms with E-state index in [-0.39, 0.29) is 17.6 Å². The summed E-state index contributed by atoms with van der Waals surface area (Å²) in [7, 11) is 0. The van der Waals surface area contributed by atoms with E-state index in [9.17, 15) is 9.18 Å². The van der Waals surface area contributed by atoms with Crippen molar-refractivity contribution in [1.29, 1.82) is 0 Å². The topological polar surface area (TPSA) is 46.3 Å². The summed E-state index contributed by atoms with van der Waals surface area (Å²) in [5.74, 6) is -0.415. The molecule has 0 radical (unpaired) electrons. The SMILES string of the molecule is CC(C)C(=O)N(CCN)c1ccc(F)cc1. The highest BCUT2D eigenvalue weighted by Gasteiger charge is 2.17. The van der Waals surface area contributed by atoms with Gasteiger partial charge in [0.15, 0.2) is 0 Å². The maximum absolute atomic E-state index is 12.8. The van der Waals surface area contributed by atoms with E-state index < -0.39 is 0 Å². The van der Waals surface area contributed by atoms with E-state index >= 15 is 0 Å². The molecule has 1 aromatic carbocycles. The summed E-state index contributed by atoms with van der Waals surface area (Å²) < 4.78 is 12.8. The van der Waals surface area contributed by atoms with Crippen LogP contribution in [0, 0.1) is 11.7 Å². The second-order valence-corrected chi connectivity index (χ2v) is 3.91. The summed E-state index contributed by atoms with van der Waals surface area (Å²) in [4.78, 5) is 13.5. The Bertz CT molecular complexity index is 349. The number of hydrogen-bond acceptors (Lipinski definition) is 2. The Morgan fingerprint density at radius 2 is 1.94 bits per heavy atom. The van der Waals surface area contributed by atoms with E-state index in [1.54, 1.807) is 17.0 Å². The summed E-state index contributed by atoms with van der Waals surface area (Å²) in [6.45, 7) is 4.49. The van der Waals surface area contributed by atoms with Gasteiger partial charge < -0.3 is 10.6 Å². The third-order valence-corrected chi connectivity index (χ3v) is 2.25. The van der Waals surface area contributed by atoms with Crippen molar-refractivity contribution >= 4 is 11.6 Å². The molecule has 0 saturated heterocycles. The lowest BCUT2D eigenvalue weighted by Crippen LogP contribution is -2.38. The first-order valence-electron chi connectivity index (χ1n) is 5.33. The average Bonchev–Trinajstić information content (AvgIpc) is 2.26. The van der Waals surface area contributed by atoms with Gasteiger partial charge in [0.05, 0.1) is 0 Å². The minimum absolute atomic E-state index is 0.00272. The number of nitrogens with zero attached hydrogens (tertiary/aromatic N) is 1. The van der Waals surface area contributed by atoms with E-state index in [2.05, 4.69) is 0 Å². The second kappa shape index (κ2) is 5.61. The fourth-order valence-electron chi connectivity index (χ4n) is 1.43. The summed E-state index contributed by atoms with van der Waals surface area (Å²) in [6, 6.07) is 5.86. The van der Waals surface area contributed by atoms with Gasteiger partial charge in [-0.15, -0.1) is 0 Å². The molecule has 1 rings (SSSR count). The van der Waals surface area contributed by atoms with Crippen LogP contribution >= 0.6 is 0 Å². The lowest BCUT2D eigenvalue weighted by atomic mass is 10.1. The Kier molecular flexibility index (Phi) is 4.43. The molecule has 0 bridgehead atoms. The largest absolute Gasteiger partial charge is 0.329 e. The molecule has 3 nitrogen and oxygen atoms in total. The van der Waals surface area contributed by atoms with Gasteiger partial charge in [-0.1, -0.05) is 13.8 Å². The Hall–Kier alpha value is -1.42.